The van der Waals surface area contributed by atoms with Crippen molar-refractivity contribution in [3.63, 3.8) is 0 Å². The number of nitrogens with one attached hydrogen (secondary N) is 1. The third-order valence-corrected chi connectivity index (χ3v) is 2.75. The molecule has 0 saturated heterocycles. The van der Waals surface area contributed by atoms with Crippen LogP contribution in [0.25, 0.3) is 0 Å². The lowest BCUT2D eigenvalue weighted by Crippen LogP contribution is -2.14. The van der Waals surface area contributed by atoms with Gasteiger partial charge in [0.1, 0.15) is 5.82 Å². The topological polar surface area (TPSA) is 29.1 Å². The molecule has 2 aromatic carbocycles. The number of hydrogen-bond donors (Lipinski definition) is 1. The summed E-state index contributed by atoms with van der Waals surface area (Å²) in [6.45, 7) is 0. The van der Waals surface area contributed by atoms with E-state index in [2.05, 4.69) is 5.32 Å². The van der Waals surface area contributed by atoms with Gasteiger partial charge in [0.15, 0.2) is 0 Å². The van der Waals surface area contributed by atoms with E-state index in [1.54, 1.807) is 0 Å². The van der Waals surface area contributed by atoms with Gasteiger partial charge in [-0.05, 0) is 35.9 Å². The number of alkyl halides is 3. The predicted octanol–water partition coefficient (Wildman–Crippen LogP) is 4.03. The van der Waals surface area contributed by atoms with Crippen molar-refractivity contribution in [1.29, 1.82) is 0 Å². The average Bonchev–Trinajstić information content (AvgIpc) is 2.38. The van der Waals surface area contributed by atoms with Crippen molar-refractivity contribution in [2.24, 2.45) is 0 Å². The van der Waals surface area contributed by atoms with Crippen LogP contribution in [0.15, 0.2) is 48.5 Å². The second kappa shape index (κ2) is 5.95. The van der Waals surface area contributed by atoms with Crippen LogP contribution in [0, 0.1) is 5.82 Å². The van der Waals surface area contributed by atoms with Gasteiger partial charge in [-0.25, -0.2) is 4.39 Å². The van der Waals surface area contributed by atoms with Crippen LogP contribution in [0.5, 0.6) is 0 Å². The van der Waals surface area contributed by atoms with Crippen molar-refractivity contribution >= 4 is 11.6 Å². The number of anilines is 1. The summed E-state index contributed by atoms with van der Waals surface area (Å²) in [4.78, 5) is 11.7. The maximum absolute atomic E-state index is 12.9. The number of hydrogen-bond acceptors (Lipinski definition) is 1. The Morgan fingerprint density at radius 3 is 2.29 bits per heavy atom. The highest BCUT2D eigenvalue weighted by molar-refractivity contribution is 5.92. The minimum atomic E-state index is -4.40. The molecule has 0 fully saturated rings. The monoisotopic (exact) mass is 297 g/mol. The first-order chi connectivity index (χ1) is 9.84. The second-order valence-electron chi connectivity index (χ2n) is 4.43. The summed E-state index contributed by atoms with van der Waals surface area (Å²) in [6, 6.07) is 9.70. The van der Waals surface area contributed by atoms with Gasteiger partial charge < -0.3 is 5.32 Å². The summed E-state index contributed by atoms with van der Waals surface area (Å²) in [5, 5.41) is 2.47. The van der Waals surface area contributed by atoms with E-state index in [0.717, 1.165) is 18.2 Å². The van der Waals surface area contributed by atoms with Crippen LogP contribution in [-0.4, -0.2) is 5.91 Å². The summed E-state index contributed by atoms with van der Waals surface area (Å²) >= 11 is 0. The first-order valence-corrected chi connectivity index (χ1v) is 6.06. The molecule has 6 heteroatoms. The molecule has 1 amide bonds. The van der Waals surface area contributed by atoms with Gasteiger partial charge in [0.25, 0.3) is 0 Å². The zero-order valence-corrected chi connectivity index (χ0v) is 10.7. The quantitative estimate of drug-likeness (QED) is 0.852. The molecule has 0 radical (unpaired) electrons. The molecule has 0 spiro atoms. The van der Waals surface area contributed by atoms with E-state index >= 15 is 0 Å². The summed E-state index contributed by atoms with van der Waals surface area (Å²) < 4.78 is 50.1. The van der Waals surface area contributed by atoms with Crippen molar-refractivity contribution in [3.05, 3.63) is 65.5 Å². The van der Waals surface area contributed by atoms with Crippen molar-refractivity contribution in [3.8, 4) is 0 Å². The van der Waals surface area contributed by atoms with Gasteiger partial charge in [-0.2, -0.15) is 13.2 Å². The molecule has 0 aliphatic carbocycles. The Morgan fingerprint density at radius 2 is 1.71 bits per heavy atom. The molecule has 0 heterocycles. The van der Waals surface area contributed by atoms with E-state index in [-0.39, 0.29) is 6.42 Å². The number of benzene rings is 2. The molecule has 0 aromatic heterocycles. The van der Waals surface area contributed by atoms with Gasteiger partial charge in [-0.15, -0.1) is 0 Å². The lowest BCUT2D eigenvalue weighted by atomic mass is 10.1. The summed E-state index contributed by atoms with van der Waals surface area (Å²) in [7, 11) is 0. The van der Waals surface area contributed by atoms with Crippen LogP contribution in [0.2, 0.25) is 0 Å². The average molecular weight is 297 g/mol. The Balaban J connectivity index is 2.00. The van der Waals surface area contributed by atoms with Crippen molar-refractivity contribution in [2.75, 3.05) is 5.32 Å². The highest BCUT2D eigenvalue weighted by atomic mass is 19.4. The van der Waals surface area contributed by atoms with Gasteiger partial charge in [0.05, 0.1) is 12.0 Å². The molecule has 0 saturated carbocycles. The van der Waals surface area contributed by atoms with Crippen LogP contribution in [-0.2, 0) is 17.4 Å². The molecule has 110 valence electrons. The Labute approximate surface area is 118 Å². The minimum absolute atomic E-state index is 0.0886. The van der Waals surface area contributed by atoms with Crippen LogP contribution < -0.4 is 5.32 Å². The van der Waals surface area contributed by atoms with Crippen LogP contribution in [0.4, 0.5) is 23.2 Å². The highest BCUT2D eigenvalue weighted by Crippen LogP contribution is 2.29. The molecule has 0 unspecified atom stereocenters. The number of carbonyl (C=O) groups excluding carboxylic acids is 1. The third-order valence-electron chi connectivity index (χ3n) is 2.75. The Kier molecular flexibility index (Phi) is 4.26. The zero-order valence-electron chi connectivity index (χ0n) is 10.7. The number of halogens is 4. The van der Waals surface area contributed by atoms with E-state index in [0.29, 0.717) is 11.3 Å². The molecule has 0 bridgehead atoms. The first-order valence-electron chi connectivity index (χ1n) is 6.06. The predicted molar refractivity (Wildman–Crippen MR) is 70.2 cm³/mol. The van der Waals surface area contributed by atoms with Crippen LogP contribution in [0.3, 0.4) is 0 Å². The Hall–Kier alpha value is -2.37. The SMILES string of the molecule is O=C(Cc1ccc(C(F)(F)F)cc1)Nc1cccc(F)c1. The smallest absolute Gasteiger partial charge is 0.326 e. The Bertz CT molecular complexity index is 635. The standard InChI is InChI=1S/C15H11F4NO/c16-12-2-1-3-13(9-12)20-14(21)8-10-4-6-11(7-5-10)15(17,18)19/h1-7,9H,8H2,(H,20,21). The van der Waals surface area contributed by atoms with E-state index in [4.69, 9.17) is 0 Å². The molecular weight excluding hydrogens is 286 g/mol. The lowest BCUT2D eigenvalue weighted by Gasteiger charge is -2.08. The van der Waals surface area contributed by atoms with Gasteiger partial charge in [0.2, 0.25) is 5.91 Å². The fourth-order valence-corrected chi connectivity index (χ4v) is 1.77. The number of carbonyl (C=O) groups is 1. The molecule has 2 aromatic rings. The molecule has 0 atom stereocenters. The van der Waals surface area contributed by atoms with E-state index < -0.39 is 23.5 Å². The first kappa shape index (κ1) is 15.0. The lowest BCUT2D eigenvalue weighted by molar-refractivity contribution is -0.137. The van der Waals surface area contributed by atoms with Gasteiger partial charge in [-0.1, -0.05) is 18.2 Å². The molecule has 0 aliphatic heterocycles. The summed E-state index contributed by atoms with van der Waals surface area (Å²) in [5.41, 5.74) is -0.0272. The fourth-order valence-electron chi connectivity index (χ4n) is 1.77. The van der Waals surface area contributed by atoms with Crippen molar-refractivity contribution in [1.82, 2.24) is 0 Å². The maximum atomic E-state index is 12.9. The zero-order chi connectivity index (χ0) is 15.5. The van der Waals surface area contributed by atoms with Gasteiger partial charge in [-0.3, -0.25) is 4.79 Å². The maximum Gasteiger partial charge on any atom is 0.416 e. The minimum Gasteiger partial charge on any atom is -0.326 e. The fraction of sp³-hybridized carbons (Fsp3) is 0.133. The van der Waals surface area contributed by atoms with Crippen LogP contribution in [0.1, 0.15) is 11.1 Å². The second-order valence-corrected chi connectivity index (χ2v) is 4.43. The normalized spacial score (nSPS) is 11.2. The molecular formula is C15H11F4NO. The van der Waals surface area contributed by atoms with Crippen molar-refractivity contribution in [2.45, 2.75) is 12.6 Å². The van der Waals surface area contributed by atoms with Crippen molar-refractivity contribution < 1.29 is 22.4 Å². The van der Waals surface area contributed by atoms with E-state index in [9.17, 15) is 22.4 Å². The highest BCUT2D eigenvalue weighted by Gasteiger charge is 2.29. The summed E-state index contributed by atoms with van der Waals surface area (Å²) in [5.74, 6) is -0.914. The molecule has 21 heavy (non-hydrogen) atoms. The summed E-state index contributed by atoms with van der Waals surface area (Å²) in [6.07, 6.45) is -4.49. The van der Waals surface area contributed by atoms with E-state index in [1.165, 1.54) is 30.3 Å². The third kappa shape index (κ3) is 4.30. The molecule has 2 nitrogen and oxygen atoms in total. The Morgan fingerprint density at radius 1 is 1.05 bits per heavy atom. The number of rotatable bonds is 3. The van der Waals surface area contributed by atoms with Gasteiger partial charge >= 0.3 is 6.18 Å². The van der Waals surface area contributed by atoms with Gasteiger partial charge in [0, 0.05) is 5.69 Å². The molecule has 2 rings (SSSR count). The number of amides is 1. The largest absolute Gasteiger partial charge is 0.416 e. The molecule has 0 aliphatic rings. The van der Waals surface area contributed by atoms with E-state index in [1.807, 2.05) is 0 Å². The molecule has 1 N–H and O–H groups in total. The van der Waals surface area contributed by atoms with Crippen LogP contribution >= 0.6 is 0 Å².